The first-order valence-corrected chi connectivity index (χ1v) is 6.88. The predicted molar refractivity (Wildman–Crippen MR) is 74.9 cm³/mol. The largest absolute Gasteiger partial charge is 0.310 e. The number of hydrogen-bond donors (Lipinski definition) is 0. The highest BCUT2D eigenvalue weighted by Gasteiger charge is 2.30. The number of anilines is 1. The van der Waals surface area contributed by atoms with Crippen LogP contribution in [0.15, 0.2) is 27.6 Å². The van der Waals surface area contributed by atoms with E-state index in [0.717, 1.165) is 26.8 Å². The normalized spacial score (nSPS) is 18.5. The SMILES string of the molecule is C#CC1CC(=O)N(c2ccc(SC#N)cc2Br)C1. The maximum Gasteiger partial charge on any atom is 0.228 e. The van der Waals surface area contributed by atoms with Gasteiger partial charge in [-0.3, -0.25) is 4.79 Å². The number of terminal acetylenes is 1. The molecule has 1 aliphatic heterocycles. The minimum Gasteiger partial charge on any atom is -0.310 e. The summed E-state index contributed by atoms with van der Waals surface area (Å²) >= 11 is 4.51. The summed E-state index contributed by atoms with van der Waals surface area (Å²) < 4.78 is 0.800. The summed E-state index contributed by atoms with van der Waals surface area (Å²) in [5, 5.41) is 10.6. The van der Waals surface area contributed by atoms with Crippen LogP contribution in [0.5, 0.6) is 0 Å². The molecule has 18 heavy (non-hydrogen) atoms. The molecule has 1 heterocycles. The van der Waals surface area contributed by atoms with Crippen LogP contribution < -0.4 is 4.90 Å². The van der Waals surface area contributed by atoms with E-state index in [0.29, 0.717) is 13.0 Å². The first-order chi connectivity index (χ1) is 8.65. The first-order valence-electron chi connectivity index (χ1n) is 5.27. The van der Waals surface area contributed by atoms with Gasteiger partial charge in [0.15, 0.2) is 0 Å². The summed E-state index contributed by atoms with van der Waals surface area (Å²) in [7, 11) is 0. The number of hydrogen-bond acceptors (Lipinski definition) is 3. The summed E-state index contributed by atoms with van der Waals surface area (Å²) in [4.78, 5) is 14.4. The molecule has 2 rings (SSSR count). The van der Waals surface area contributed by atoms with Gasteiger partial charge in [-0.1, -0.05) is 0 Å². The van der Waals surface area contributed by atoms with Crippen LogP contribution in [-0.4, -0.2) is 12.5 Å². The number of thiocyanates is 1. The maximum absolute atomic E-state index is 11.9. The summed E-state index contributed by atoms with van der Waals surface area (Å²) in [5.74, 6) is 2.65. The molecule has 0 radical (unpaired) electrons. The summed E-state index contributed by atoms with van der Waals surface area (Å²) in [6.45, 7) is 0.554. The van der Waals surface area contributed by atoms with E-state index in [1.54, 1.807) is 4.90 Å². The lowest BCUT2D eigenvalue weighted by molar-refractivity contribution is -0.117. The zero-order chi connectivity index (χ0) is 13.1. The van der Waals surface area contributed by atoms with Gasteiger partial charge >= 0.3 is 0 Å². The molecule has 1 aromatic carbocycles. The Kier molecular flexibility index (Phi) is 3.96. The van der Waals surface area contributed by atoms with E-state index < -0.39 is 0 Å². The third-order valence-corrected chi connectivity index (χ3v) is 3.95. The van der Waals surface area contributed by atoms with Gasteiger partial charge in [-0.15, -0.1) is 12.3 Å². The van der Waals surface area contributed by atoms with Gasteiger partial charge in [0.25, 0.3) is 0 Å². The van der Waals surface area contributed by atoms with Crippen LogP contribution in [-0.2, 0) is 4.79 Å². The quantitative estimate of drug-likeness (QED) is 0.478. The molecule has 0 N–H and O–H groups in total. The number of carbonyl (C=O) groups excluding carboxylic acids is 1. The summed E-state index contributed by atoms with van der Waals surface area (Å²) in [5.41, 5.74) is 0.806. The molecule has 1 unspecified atom stereocenters. The van der Waals surface area contributed by atoms with Crippen molar-refractivity contribution in [1.82, 2.24) is 0 Å². The van der Waals surface area contributed by atoms with Crippen molar-refractivity contribution >= 4 is 39.3 Å². The molecule has 1 aromatic rings. The fourth-order valence-electron chi connectivity index (χ4n) is 1.87. The van der Waals surface area contributed by atoms with Crippen molar-refractivity contribution in [3.8, 4) is 17.7 Å². The van der Waals surface area contributed by atoms with Gasteiger partial charge in [0.2, 0.25) is 5.91 Å². The van der Waals surface area contributed by atoms with Crippen molar-refractivity contribution in [2.75, 3.05) is 11.4 Å². The van der Waals surface area contributed by atoms with E-state index in [1.165, 1.54) is 0 Å². The number of benzene rings is 1. The molecule has 0 bridgehead atoms. The van der Waals surface area contributed by atoms with Gasteiger partial charge < -0.3 is 4.90 Å². The van der Waals surface area contributed by atoms with Gasteiger partial charge in [0.05, 0.1) is 5.69 Å². The second-order valence-corrected chi connectivity index (χ2v) is 5.59. The monoisotopic (exact) mass is 320 g/mol. The highest BCUT2D eigenvalue weighted by molar-refractivity contribution is 9.10. The minimum atomic E-state index is -0.0161. The van der Waals surface area contributed by atoms with Crippen LogP contribution in [0, 0.1) is 28.9 Å². The average Bonchev–Trinajstić information content (AvgIpc) is 2.71. The smallest absolute Gasteiger partial charge is 0.228 e. The number of thioether (sulfide) groups is 1. The fraction of sp³-hybridized carbons (Fsp3) is 0.231. The molecule has 0 aliphatic carbocycles. The van der Waals surface area contributed by atoms with Gasteiger partial charge in [-0.25, -0.2) is 0 Å². The molecule has 90 valence electrons. The van der Waals surface area contributed by atoms with E-state index in [1.807, 2.05) is 23.6 Å². The van der Waals surface area contributed by atoms with E-state index in [-0.39, 0.29) is 11.8 Å². The molecule has 3 nitrogen and oxygen atoms in total. The number of nitriles is 1. The molecule has 0 aromatic heterocycles. The molecule has 1 aliphatic rings. The Hall–Kier alpha value is -1.43. The Bertz CT molecular complexity index is 573. The highest BCUT2D eigenvalue weighted by Crippen LogP contribution is 2.34. The van der Waals surface area contributed by atoms with Crippen molar-refractivity contribution in [3.63, 3.8) is 0 Å². The number of halogens is 1. The second kappa shape index (κ2) is 5.48. The van der Waals surface area contributed by atoms with Gasteiger partial charge in [-0.2, -0.15) is 5.26 Å². The number of rotatable bonds is 2. The molecular formula is C13H9BrN2OS. The summed E-state index contributed by atoms with van der Waals surface area (Å²) in [6, 6.07) is 5.49. The zero-order valence-electron chi connectivity index (χ0n) is 9.39. The average molecular weight is 321 g/mol. The van der Waals surface area contributed by atoms with Crippen molar-refractivity contribution in [2.45, 2.75) is 11.3 Å². The van der Waals surface area contributed by atoms with E-state index in [2.05, 4.69) is 21.9 Å². The van der Waals surface area contributed by atoms with Crippen LogP contribution >= 0.6 is 27.7 Å². The van der Waals surface area contributed by atoms with Crippen molar-refractivity contribution in [2.24, 2.45) is 5.92 Å². The molecule has 0 spiro atoms. The van der Waals surface area contributed by atoms with Crippen LogP contribution in [0.3, 0.4) is 0 Å². The number of carbonyl (C=O) groups is 1. The van der Waals surface area contributed by atoms with Crippen LogP contribution in [0.1, 0.15) is 6.42 Å². The van der Waals surface area contributed by atoms with Gasteiger partial charge in [0, 0.05) is 28.3 Å². The lowest BCUT2D eigenvalue weighted by Crippen LogP contribution is -2.24. The minimum absolute atomic E-state index is 0.0161. The zero-order valence-corrected chi connectivity index (χ0v) is 11.8. The first kappa shape index (κ1) is 13.0. The predicted octanol–water partition coefficient (Wildman–Crippen LogP) is 3.01. The van der Waals surface area contributed by atoms with Crippen molar-refractivity contribution < 1.29 is 4.79 Å². The van der Waals surface area contributed by atoms with Crippen molar-refractivity contribution in [1.29, 1.82) is 5.26 Å². The Morgan fingerprint density at radius 1 is 1.56 bits per heavy atom. The van der Waals surface area contributed by atoms with Crippen LogP contribution in [0.25, 0.3) is 0 Å². The molecular weight excluding hydrogens is 312 g/mol. The Balaban J connectivity index is 2.28. The standard InChI is InChI=1S/C13H9BrN2OS/c1-2-9-5-13(17)16(7-9)12-4-3-10(18-8-15)6-11(12)14/h1,3-4,6,9H,5,7H2. The molecule has 0 saturated carbocycles. The van der Waals surface area contributed by atoms with Gasteiger partial charge in [-0.05, 0) is 45.9 Å². The lowest BCUT2D eigenvalue weighted by Gasteiger charge is -2.18. The third-order valence-electron chi connectivity index (χ3n) is 2.73. The number of amides is 1. The van der Waals surface area contributed by atoms with Gasteiger partial charge in [0.1, 0.15) is 5.40 Å². The molecule has 1 amide bonds. The molecule has 1 saturated heterocycles. The molecule has 1 atom stereocenters. The van der Waals surface area contributed by atoms with E-state index >= 15 is 0 Å². The van der Waals surface area contributed by atoms with E-state index in [9.17, 15) is 4.79 Å². The fourth-order valence-corrected chi connectivity index (χ4v) is 3.04. The topological polar surface area (TPSA) is 44.1 Å². The molecule has 1 fully saturated rings. The number of nitrogens with zero attached hydrogens (tertiary/aromatic N) is 2. The van der Waals surface area contributed by atoms with Crippen LogP contribution in [0.4, 0.5) is 5.69 Å². The summed E-state index contributed by atoms with van der Waals surface area (Å²) in [6.07, 6.45) is 5.76. The Morgan fingerprint density at radius 2 is 2.33 bits per heavy atom. The van der Waals surface area contributed by atoms with E-state index in [4.69, 9.17) is 11.7 Å². The second-order valence-electron chi connectivity index (χ2n) is 3.88. The Labute approximate surface area is 118 Å². The van der Waals surface area contributed by atoms with Crippen LogP contribution in [0.2, 0.25) is 0 Å². The van der Waals surface area contributed by atoms with Crippen molar-refractivity contribution in [3.05, 3.63) is 22.7 Å². The Morgan fingerprint density at radius 3 is 2.89 bits per heavy atom. The highest BCUT2D eigenvalue weighted by atomic mass is 79.9. The third kappa shape index (κ3) is 2.53. The lowest BCUT2D eigenvalue weighted by atomic mass is 10.1. The molecule has 5 heteroatoms. The maximum atomic E-state index is 11.9.